The van der Waals surface area contributed by atoms with Crippen LogP contribution in [0.1, 0.15) is 56.7 Å². The van der Waals surface area contributed by atoms with Crippen LogP contribution in [0.4, 0.5) is 0 Å². The number of carbonyl (C=O) groups excluding carboxylic acids is 1. The summed E-state index contributed by atoms with van der Waals surface area (Å²) in [6.07, 6.45) is 5.05. The van der Waals surface area contributed by atoms with Crippen LogP contribution in [0.25, 0.3) is 0 Å². The van der Waals surface area contributed by atoms with Gasteiger partial charge in [-0.3, -0.25) is 9.79 Å². The largest absolute Gasteiger partial charge is 0.357 e. The maximum atomic E-state index is 12.0. The van der Waals surface area contributed by atoms with Gasteiger partial charge in [0.1, 0.15) is 0 Å². The summed E-state index contributed by atoms with van der Waals surface area (Å²) in [7, 11) is 0. The van der Waals surface area contributed by atoms with Gasteiger partial charge in [-0.25, -0.2) is 0 Å². The van der Waals surface area contributed by atoms with Crippen LogP contribution in [0.2, 0.25) is 0 Å². The van der Waals surface area contributed by atoms with E-state index in [2.05, 4.69) is 42.0 Å². The van der Waals surface area contributed by atoms with Crippen LogP contribution in [-0.2, 0) is 4.79 Å². The number of guanidine groups is 1. The first-order valence-corrected chi connectivity index (χ1v) is 10.4. The molecule has 148 valence electrons. The molecular weight excluding hydrogens is 459 g/mol. The molecule has 1 unspecified atom stereocenters. The van der Waals surface area contributed by atoms with Crippen LogP contribution in [-0.4, -0.2) is 49.5 Å². The maximum Gasteiger partial charge on any atom is 0.222 e. The minimum Gasteiger partial charge on any atom is -0.357 e. The third-order valence-electron chi connectivity index (χ3n) is 4.47. The summed E-state index contributed by atoms with van der Waals surface area (Å²) in [4.78, 5) is 20.1. The van der Waals surface area contributed by atoms with Gasteiger partial charge in [-0.1, -0.05) is 19.4 Å². The maximum absolute atomic E-state index is 12.0. The Morgan fingerprint density at radius 3 is 2.92 bits per heavy atom. The van der Waals surface area contributed by atoms with E-state index in [0.29, 0.717) is 11.8 Å². The molecule has 5 nitrogen and oxygen atoms in total. The quantitative estimate of drug-likeness (QED) is 0.251. The van der Waals surface area contributed by atoms with Gasteiger partial charge in [-0.15, -0.1) is 35.3 Å². The predicted molar refractivity (Wildman–Crippen MR) is 122 cm³/mol. The molecule has 2 rings (SSSR count). The van der Waals surface area contributed by atoms with Gasteiger partial charge in [-0.2, -0.15) is 0 Å². The Morgan fingerprint density at radius 1 is 1.35 bits per heavy atom. The Balaban J connectivity index is 0.00000338. The number of rotatable bonds is 8. The fourth-order valence-corrected chi connectivity index (χ4v) is 3.76. The van der Waals surface area contributed by atoms with Crippen LogP contribution in [0.3, 0.4) is 0 Å². The molecule has 0 bridgehead atoms. The molecule has 2 heterocycles. The molecule has 0 radical (unpaired) electrons. The van der Waals surface area contributed by atoms with Crippen molar-refractivity contribution in [2.75, 3.05) is 32.7 Å². The van der Waals surface area contributed by atoms with Crippen LogP contribution in [0, 0.1) is 0 Å². The summed E-state index contributed by atoms with van der Waals surface area (Å²) in [5.41, 5.74) is 0. The minimum atomic E-state index is 0. The van der Waals surface area contributed by atoms with E-state index in [1.54, 1.807) is 11.3 Å². The lowest BCUT2D eigenvalue weighted by Gasteiger charge is -2.21. The van der Waals surface area contributed by atoms with E-state index >= 15 is 0 Å². The van der Waals surface area contributed by atoms with Gasteiger partial charge >= 0.3 is 0 Å². The van der Waals surface area contributed by atoms with Gasteiger partial charge < -0.3 is 15.5 Å². The summed E-state index contributed by atoms with van der Waals surface area (Å²) < 4.78 is 0. The fourth-order valence-electron chi connectivity index (χ4n) is 2.98. The Kier molecular flexibility index (Phi) is 11.9. The molecule has 2 N–H and O–H groups in total. The third kappa shape index (κ3) is 8.24. The number of likely N-dealkylation sites (tertiary alicyclic amines) is 1. The molecule has 26 heavy (non-hydrogen) atoms. The average Bonchev–Trinajstić information content (AvgIpc) is 3.07. The van der Waals surface area contributed by atoms with Crippen molar-refractivity contribution in [3.05, 3.63) is 22.4 Å². The van der Waals surface area contributed by atoms with Gasteiger partial charge in [0.05, 0.1) is 6.54 Å². The molecule has 1 atom stereocenters. The van der Waals surface area contributed by atoms with Crippen LogP contribution < -0.4 is 10.6 Å². The highest BCUT2D eigenvalue weighted by Crippen LogP contribution is 2.20. The number of carbonyl (C=O) groups is 1. The van der Waals surface area contributed by atoms with Gasteiger partial charge in [0.25, 0.3) is 0 Å². The smallest absolute Gasteiger partial charge is 0.222 e. The minimum absolute atomic E-state index is 0. The van der Waals surface area contributed by atoms with Gasteiger partial charge in [0.2, 0.25) is 5.91 Å². The Morgan fingerprint density at radius 2 is 2.19 bits per heavy atom. The molecule has 1 aromatic heterocycles. The monoisotopic (exact) mass is 492 g/mol. The molecule has 0 aromatic carbocycles. The van der Waals surface area contributed by atoms with E-state index < -0.39 is 0 Å². The zero-order valence-electron chi connectivity index (χ0n) is 16.0. The Labute approximate surface area is 179 Å². The topological polar surface area (TPSA) is 56.7 Å². The van der Waals surface area contributed by atoms with Gasteiger partial charge in [-0.05, 0) is 37.6 Å². The summed E-state index contributed by atoms with van der Waals surface area (Å²) in [5.74, 6) is 1.63. The van der Waals surface area contributed by atoms with Crippen LogP contribution in [0.5, 0.6) is 0 Å². The van der Waals surface area contributed by atoms with E-state index in [9.17, 15) is 4.79 Å². The lowest BCUT2D eigenvalue weighted by molar-refractivity contribution is -0.130. The number of hydrogen-bond donors (Lipinski definition) is 2. The van der Waals surface area contributed by atoms with E-state index in [4.69, 9.17) is 4.99 Å². The van der Waals surface area contributed by atoms with Crippen LogP contribution in [0.15, 0.2) is 22.5 Å². The predicted octanol–water partition coefficient (Wildman–Crippen LogP) is 3.82. The molecule has 1 aliphatic heterocycles. The van der Waals surface area contributed by atoms with Crippen molar-refractivity contribution in [1.82, 2.24) is 15.5 Å². The second-order valence-electron chi connectivity index (χ2n) is 6.61. The molecule has 1 saturated heterocycles. The normalized spacial score (nSPS) is 16.6. The highest BCUT2D eigenvalue weighted by molar-refractivity contribution is 14.0. The SMILES string of the molecule is CCNC(=NCC(C)c1cccs1)NCCCN1CCCCCC1=O.I. The number of amides is 1. The number of halogens is 1. The summed E-state index contributed by atoms with van der Waals surface area (Å²) >= 11 is 1.79. The number of aliphatic imine (C=N–C) groups is 1. The lowest BCUT2D eigenvalue weighted by atomic mass is 10.1. The van der Waals surface area contributed by atoms with Crippen molar-refractivity contribution in [3.8, 4) is 0 Å². The Hall–Kier alpha value is -0.830. The molecule has 0 saturated carbocycles. The van der Waals surface area contributed by atoms with Crippen molar-refractivity contribution in [3.63, 3.8) is 0 Å². The molecule has 0 spiro atoms. The lowest BCUT2D eigenvalue weighted by Crippen LogP contribution is -2.39. The first-order chi connectivity index (χ1) is 12.2. The zero-order chi connectivity index (χ0) is 17.9. The average molecular weight is 492 g/mol. The van der Waals surface area contributed by atoms with E-state index in [1.165, 1.54) is 11.3 Å². The third-order valence-corrected chi connectivity index (χ3v) is 5.57. The van der Waals surface area contributed by atoms with E-state index in [1.807, 2.05) is 4.90 Å². The molecule has 1 amide bonds. The van der Waals surface area contributed by atoms with Gasteiger partial charge in [0, 0.05) is 43.4 Å². The number of nitrogens with one attached hydrogen (secondary N) is 2. The molecule has 1 fully saturated rings. The summed E-state index contributed by atoms with van der Waals surface area (Å²) in [5, 5.41) is 8.81. The number of nitrogens with zero attached hydrogens (tertiary/aromatic N) is 2. The van der Waals surface area contributed by atoms with Crippen molar-refractivity contribution < 1.29 is 4.79 Å². The second kappa shape index (κ2) is 13.4. The highest BCUT2D eigenvalue weighted by Gasteiger charge is 2.15. The standard InChI is InChI=1S/C19H32N4OS.HI/c1-3-20-19(22-15-16(2)17-9-7-14-25-17)21-11-8-13-23-12-6-4-5-10-18(23)24;/h7,9,14,16H,3-6,8,10-13,15H2,1-2H3,(H2,20,21,22);1H. The van der Waals surface area contributed by atoms with Crippen molar-refractivity contribution in [2.24, 2.45) is 4.99 Å². The van der Waals surface area contributed by atoms with Crippen molar-refractivity contribution in [2.45, 2.75) is 51.9 Å². The van der Waals surface area contributed by atoms with Crippen molar-refractivity contribution >= 4 is 47.2 Å². The van der Waals surface area contributed by atoms with Crippen molar-refractivity contribution in [1.29, 1.82) is 0 Å². The number of hydrogen-bond acceptors (Lipinski definition) is 3. The molecule has 0 aliphatic carbocycles. The fraction of sp³-hybridized carbons (Fsp3) is 0.684. The first-order valence-electron chi connectivity index (χ1n) is 9.54. The molecule has 1 aliphatic rings. The van der Waals surface area contributed by atoms with Crippen LogP contribution >= 0.6 is 35.3 Å². The Bertz CT molecular complexity index is 536. The molecule has 1 aromatic rings. The van der Waals surface area contributed by atoms with E-state index in [0.717, 1.165) is 64.4 Å². The molecular formula is C19H33IN4OS. The summed E-state index contributed by atoms with van der Waals surface area (Å²) in [6.45, 7) is 8.52. The zero-order valence-corrected chi connectivity index (χ0v) is 19.1. The molecule has 7 heteroatoms. The van der Waals surface area contributed by atoms with E-state index in [-0.39, 0.29) is 24.0 Å². The first kappa shape index (κ1) is 23.2. The van der Waals surface area contributed by atoms with Gasteiger partial charge in [0.15, 0.2) is 5.96 Å². The second-order valence-corrected chi connectivity index (χ2v) is 7.59. The highest BCUT2D eigenvalue weighted by atomic mass is 127. The summed E-state index contributed by atoms with van der Waals surface area (Å²) in [6, 6.07) is 4.26. The number of thiophene rings is 1.